The van der Waals surface area contributed by atoms with E-state index in [0.29, 0.717) is 13.0 Å². The Kier molecular flexibility index (Phi) is 4.75. The summed E-state index contributed by atoms with van der Waals surface area (Å²) in [6.45, 7) is 0.334. The first-order valence-corrected chi connectivity index (χ1v) is 7.32. The minimum Gasteiger partial charge on any atom is -0.383 e. The number of aromatic nitrogens is 3. The molecule has 0 radical (unpaired) electrons. The van der Waals surface area contributed by atoms with Crippen molar-refractivity contribution >= 4 is 23.3 Å². The Hall–Kier alpha value is -1.60. The predicted octanol–water partition coefficient (Wildman–Crippen LogP) is 0.459. The van der Waals surface area contributed by atoms with E-state index in [9.17, 15) is 9.90 Å². The SMILES string of the molecule is CSCC[C@@H](O)C(=O)NCc1cnc2cnccn12. The molecule has 1 atom stereocenters. The monoisotopic (exact) mass is 280 g/mol. The first kappa shape index (κ1) is 13.8. The summed E-state index contributed by atoms with van der Waals surface area (Å²) in [5.74, 6) is 0.411. The molecule has 2 aromatic rings. The maximum Gasteiger partial charge on any atom is 0.249 e. The van der Waals surface area contributed by atoms with Crippen LogP contribution in [-0.2, 0) is 11.3 Å². The number of aliphatic hydroxyl groups is 1. The van der Waals surface area contributed by atoms with Crippen LogP contribution in [0.25, 0.3) is 5.65 Å². The molecular formula is C12H16N4O2S. The number of rotatable bonds is 6. The van der Waals surface area contributed by atoms with Crippen molar-refractivity contribution in [1.29, 1.82) is 0 Å². The number of hydrogen-bond acceptors (Lipinski definition) is 5. The highest BCUT2D eigenvalue weighted by molar-refractivity contribution is 7.98. The van der Waals surface area contributed by atoms with Crippen molar-refractivity contribution in [3.63, 3.8) is 0 Å². The van der Waals surface area contributed by atoms with Gasteiger partial charge in [-0.3, -0.25) is 14.2 Å². The molecule has 0 aromatic carbocycles. The van der Waals surface area contributed by atoms with Crippen LogP contribution in [0.2, 0.25) is 0 Å². The number of fused-ring (bicyclic) bond motifs is 1. The summed E-state index contributed by atoms with van der Waals surface area (Å²) < 4.78 is 1.85. The molecular weight excluding hydrogens is 264 g/mol. The van der Waals surface area contributed by atoms with E-state index in [4.69, 9.17) is 0 Å². The third kappa shape index (κ3) is 3.45. The van der Waals surface area contributed by atoms with Crippen molar-refractivity contribution in [1.82, 2.24) is 19.7 Å². The lowest BCUT2D eigenvalue weighted by Gasteiger charge is -2.10. The molecule has 6 nitrogen and oxygen atoms in total. The Morgan fingerprint density at radius 3 is 3.21 bits per heavy atom. The Bertz CT molecular complexity index is 557. The van der Waals surface area contributed by atoms with Gasteiger partial charge in [0.15, 0.2) is 5.65 Å². The summed E-state index contributed by atoms with van der Waals surface area (Å²) in [5, 5.41) is 12.3. The summed E-state index contributed by atoms with van der Waals surface area (Å²) in [6, 6.07) is 0. The lowest BCUT2D eigenvalue weighted by atomic mass is 10.2. The van der Waals surface area contributed by atoms with Crippen molar-refractivity contribution in [3.8, 4) is 0 Å². The van der Waals surface area contributed by atoms with E-state index < -0.39 is 6.10 Å². The van der Waals surface area contributed by atoms with Crippen LogP contribution >= 0.6 is 11.8 Å². The molecule has 2 N–H and O–H groups in total. The van der Waals surface area contributed by atoms with Crippen LogP contribution in [0.5, 0.6) is 0 Å². The van der Waals surface area contributed by atoms with Crippen LogP contribution in [-0.4, -0.2) is 43.5 Å². The average molecular weight is 280 g/mol. The van der Waals surface area contributed by atoms with Crippen molar-refractivity contribution in [2.24, 2.45) is 0 Å². The number of aliphatic hydroxyl groups excluding tert-OH is 1. The molecule has 0 bridgehead atoms. The smallest absolute Gasteiger partial charge is 0.249 e. The maximum atomic E-state index is 11.7. The molecule has 0 aliphatic rings. The van der Waals surface area contributed by atoms with Crippen molar-refractivity contribution < 1.29 is 9.90 Å². The molecule has 0 saturated heterocycles. The fraction of sp³-hybridized carbons (Fsp3) is 0.417. The number of nitrogens with zero attached hydrogens (tertiary/aromatic N) is 3. The topological polar surface area (TPSA) is 79.5 Å². The summed E-state index contributed by atoms with van der Waals surface area (Å²) in [5.41, 5.74) is 1.58. The highest BCUT2D eigenvalue weighted by Gasteiger charge is 2.14. The second-order valence-electron chi connectivity index (χ2n) is 4.07. The van der Waals surface area contributed by atoms with Crippen molar-refractivity contribution in [2.45, 2.75) is 19.1 Å². The first-order chi connectivity index (χ1) is 9.22. The number of imidazole rings is 1. The molecule has 7 heteroatoms. The standard InChI is InChI=1S/C12H16N4O2S/c1-19-5-2-10(17)12(18)15-7-9-6-14-11-8-13-3-4-16(9)11/h3-4,6,8,10,17H,2,5,7H2,1H3,(H,15,18)/t10-/m1/s1. The molecule has 19 heavy (non-hydrogen) atoms. The third-order valence-electron chi connectivity index (χ3n) is 2.74. The Balaban J connectivity index is 1.93. The Morgan fingerprint density at radius 1 is 1.58 bits per heavy atom. The van der Waals surface area contributed by atoms with Crippen molar-refractivity contribution in [3.05, 3.63) is 30.5 Å². The van der Waals surface area contributed by atoms with Gasteiger partial charge in [0.1, 0.15) is 6.10 Å². The van der Waals surface area contributed by atoms with Crippen LogP contribution < -0.4 is 5.32 Å². The highest BCUT2D eigenvalue weighted by atomic mass is 32.2. The zero-order valence-corrected chi connectivity index (χ0v) is 11.4. The van der Waals surface area contributed by atoms with Crippen LogP contribution in [0.4, 0.5) is 0 Å². The first-order valence-electron chi connectivity index (χ1n) is 5.93. The fourth-order valence-electron chi connectivity index (χ4n) is 1.68. The van der Waals surface area contributed by atoms with Crippen LogP contribution in [0, 0.1) is 0 Å². The van der Waals surface area contributed by atoms with Gasteiger partial charge in [0.05, 0.1) is 24.6 Å². The van der Waals surface area contributed by atoms with Gasteiger partial charge in [-0.15, -0.1) is 0 Å². The van der Waals surface area contributed by atoms with E-state index in [1.807, 2.05) is 10.7 Å². The molecule has 2 aromatic heterocycles. The molecule has 2 heterocycles. The van der Waals surface area contributed by atoms with E-state index in [1.54, 1.807) is 36.5 Å². The molecule has 2 rings (SSSR count). The van der Waals surface area contributed by atoms with Gasteiger partial charge in [0.2, 0.25) is 5.91 Å². The molecule has 102 valence electrons. The minimum absolute atomic E-state index is 0.334. The molecule has 1 amide bonds. The van der Waals surface area contributed by atoms with Gasteiger partial charge in [-0.2, -0.15) is 11.8 Å². The highest BCUT2D eigenvalue weighted by Crippen LogP contribution is 2.05. The maximum absolute atomic E-state index is 11.7. The van der Waals surface area contributed by atoms with E-state index in [2.05, 4.69) is 15.3 Å². The van der Waals surface area contributed by atoms with Crippen LogP contribution in [0.15, 0.2) is 24.8 Å². The zero-order chi connectivity index (χ0) is 13.7. The average Bonchev–Trinajstić information content (AvgIpc) is 2.85. The van der Waals surface area contributed by atoms with Crippen molar-refractivity contribution in [2.75, 3.05) is 12.0 Å². The predicted molar refractivity (Wildman–Crippen MR) is 73.8 cm³/mol. The van der Waals surface area contributed by atoms with Gasteiger partial charge < -0.3 is 10.4 Å². The van der Waals surface area contributed by atoms with Gasteiger partial charge >= 0.3 is 0 Å². The largest absolute Gasteiger partial charge is 0.383 e. The molecule has 0 aliphatic heterocycles. The summed E-state index contributed by atoms with van der Waals surface area (Å²) in [7, 11) is 0. The molecule has 0 aliphatic carbocycles. The molecule has 0 saturated carbocycles. The lowest BCUT2D eigenvalue weighted by Crippen LogP contribution is -2.34. The third-order valence-corrected chi connectivity index (χ3v) is 3.38. The van der Waals surface area contributed by atoms with E-state index in [0.717, 1.165) is 17.1 Å². The molecule has 0 unspecified atom stereocenters. The van der Waals surface area contributed by atoms with Gasteiger partial charge in [0, 0.05) is 12.4 Å². The Morgan fingerprint density at radius 2 is 2.42 bits per heavy atom. The summed E-state index contributed by atoms with van der Waals surface area (Å²) in [4.78, 5) is 19.8. The number of carbonyl (C=O) groups is 1. The number of hydrogen-bond donors (Lipinski definition) is 2. The molecule has 0 fully saturated rings. The van der Waals surface area contributed by atoms with Gasteiger partial charge in [-0.05, 0) is 18.4 Å². The fourth-order valence-corrected chi connectivity index (χ4v) is 2.14. The summed E-state index contributed by atoms with van der Waals surface area (Å²) in [6.07, 6.45) is 8.24. The van der Waals surface area contributed by atoms with Gasteiger partial charge in [0.25, 0.3) is 0 Å². The van der Waals surface area contributed by atoms with Gasteiger partial charge in [-0.25, -0.2) is 4.98 Å². The van der Waals surface area contributed by atoms with E-state index >= 15 is 0 Å². The Labute approximate surface area is 115 Å². The van der Waals surface area contributed by atoms with Crippen LogP contribution in [0.1, 0.15) is 12.1 Å². The number of nitrogens with one attached hydrogen (secondary N) is 1. The van der Waals surface area contributed by atoms with Gasteiger partial charge in [-0.1, -0.05) is 0 Å². The van der Waals surface area contributed by atoms with E-state index in [-0.39, 0.29) is 5.91 Å². The van der Waals surface area contributed by atoms with Crippen LogP contribution in [0.3, 0.4) is 0 Å². The second-order valence-corrected chi connectivity index (χ2v) is 5.05. The lowest BCUT2D eigenvalue weighted by molar-refractivity contribution is -0.129. The van der Waals surface area contributed by atoms with E-state index in [1.165, 1.54) is 0 Å². The quantitative estimate of drug-likeness (QED) is 0.803. The molecule has 0 spiro atoms. The second kappa shape index (κ2) is 6.53. The number of amides is 1. The summed E-state index contributed by atoms with van der Waals surface area (Å²) >= 11 is 1.60. The number of thioether (sulfide) groups is 1. The minimum atomic E-state index is -0.951. The normalized spacial score (nSPS) is 12.5. The number of carbonyl (C=O) groups excluding carboxylic acids is 1. The zero-order valence-electron chi connectivity index (χ0n) is 10.6.